The van der Waals surface area contributed by atoms with E-state index in [4.69, 9.17) is 23.7 Å². The molecule has 0 radical (unpaired) electrons. The highest BCUT2D eigenvalue weighted by molar-refractivity contribution is 6.18. The Hall–Kier alpha value is -2.32. The van der Waals surface area contributed by atoms with Crippen LogP contribution < -0.4 is 0 Å². The van der Waals surface area contributed by atoms with Gasteiger partial charge in [0.05, 0.1) is 26.4 Å². The van der Waals surface area contributed by atoms with E-state index in [2.05, 4.69) is 20.8 Å². The quantitative estimate of drug-likeness (QED) is 0.0401. The van der Waals surface area contributed by atoms with Crippen molar-refractivity contribution in [2.75, 3.05) is 26.4 Å². The maximum absolute atomic E-state index is 13.5. The standard InChI is InChI=1S/C35H64O9/c1-8-11-14-21-26-41-31(37)35(30(36)40-25-13-10-3,32(38)44-34(5,6)7)24-20-18-16-15-17-19-22-27-42-33(39)43-28-29(4)23-12-9-2/h29H,8-28H2,1-7H3. The fourth-order valence-corrected chi connectivity index (χ4v) is 4.59. The minimum absolute atomic E-state index is 0.0202. The molecule has 2 unspecified atom stereocenters. The third-order valence-corrected chi connectivity index (χ3v) is 7.36. The van der Waals surface area contributed by atoms with E-state index < -0.39 is 35.1 Å². The Morgan fingerprint density at radius 1 is 0.545 bits per heavy atom. The van der Waals surface area contributed by atoms with Gasteiger partial charge in [0, 0.05) is 0 Å². The summed E-state index contributed by atoms with van der Waals surface area (Å²) in [6.07, 6.45) is 13.4. The summed E-state index contributed by atoms with van der Waals surface area (Å²) in [6.45, 7) is 14.4. The van der Waals surface area contributed by atoms with Crippen LogP contribution in [0.5, 0.6) is 0 Å². The van der Waals surface area contributed by atoms with Crippen LogP contribution in [-0.4, -0.2) is 56.1 Å². The summed E-state index contributed by atoms with van der Waals surface area (Å²) in [6, 6.07) is 0. The van der Waals surface area contributed by atoms with Gasteiger partial charge >= 0.3 is 24.1 Å². The molecule has 0 saturated carbocycles. The van der Waals surface area contributed by atoms with Crippen LogP contribution in [0, 0.1) is 11.3 Å². The number of carbonyl (C=O) groups excluding carboxylic acids is 4. The van der Waals surface area contributed by atoms with Crippen molar-refractivity contribution in [1.82, 2.24) is 0 Å². The number of rotatable bonds is 26. The largest absolute Gasteiger partial charge is 0.508 e. The molecule has 0 fully saturated rings. The molecule has 44 heavy (non-hydrogen) atoms. The second-order valence-corrected chi connectivity index (χ2v) is 13.0. The van der Waals surface area contributed by atoms with Crippen molar-refractivity contribution in [1.29, 1.82) is 0 Å². The molecule has 2 atom stereocenters. The maximum Gasteiger partial charge on any atom is 0.508 e. The van der Waals surface area contributed by atoms with Crippen molar-refractivity contribution >= 4 is 24.1 Å². The lowest BCUT2D eigenvalue weighted by molar-refractivity contribution is -0.190. The van der Waals surface area contributed by atoms with Crippen LogP contribution in [0.25, 0.3) is 0 Å². The zero-order valence-corrected chi connectivity index (χ0v) is 29.1. The molecule has 0 aromatic carbocycles. The maximum atomic E-state index is 13.5. The third kappa shape index (κ3) is 19.1. The normalized spacial score (nSPS) is 13.4. The number of carbonyl (C=O) groups is 4. The lowest BCUT2D eigenvalue weighted by atomic mass is 9.81. The van der Waals surface area contributed by atoms with E-state index in [9.17, 15) is 19.2 Å². The summed E-state index contributed by atoms with van der Waals surface area (Å²) in [5.74, 6) is -2.32. The van der Waals surface area contributed by atoms with E-state index in [0.717, 1.165) is 83.5 Å². The Bertz CT molecular complexity index is 790. The van der Waals surface area contributed by atoms with E-state index in [1.54, 1.807) is 20.8 Å². The topological polar surface area (TPSA) is 114 Å². The Balaban J connectivity index is 4.90. The van der Waals surface area contributed by atoms with Gasteiger partial charge in [-0.15, -0.1) is 0 Å². The first-order valence-corrected chi connectivity index (χ1v) is 17.3. The average Bonchev–Trinajstić information content (AvgIpc) is 2.96. The van der Waals surface area contributed by atoms with E-state index in [1.165, 1.54) is 0 Å². The van der Waals surface area contributed by atoms with Gasteiger partial charge in [0.15, 0.2) is 0 Å². The molecule has 0 aliphatic heterocycles. The van der Waals surface area contributed by atoms with E-state index >= 15 is 0 Å². The number of unbranched alkanes of at least 4 members (excludes halogenated alkanes) is 11. The molecular weight excluding hydrogens is 564 g/mol. The molecular formula is C35H64O9. The monoisotopic (exact) mass is 628 g/mol. The summed E-state index contributed by atoms with van der Waals surface area (Å²) < 4.78 is 26.9. The molecule has 258 valence electrons. The van der Waals surface area contributed by atoms with Crippen molar-refractivity contribution < 1.29 is 42.9 Å². The van der Waals surface area contributed by atoms with Crippen molar-refractivity contribution in [2.45, 2.75) is 163 Å². The molecule has 0 amide bonds. The van der Waals surface area contributed by atoms with Gasteiger partial charge in [0.1, 0.15) is 5.60 Å². The van der Waals surface area contributed by atoms with Crippen LogP contribution in [0.15, 0.2) is 0 Å². The summed E-state index contributed by atoms with van der Waals surface area (Å²) >= 11 is 0. The fraction of sp³-hybridized carbons (Fsp3) is 0.886. The molecule has 0 aliphatic carbocycles. The summed E-state index contributed by atoms with van der Waals surface area (Å²) in [5.41, 5.74) is -3.02. The summed E-state index contributed by atoms with van der Waals surface area (Å²) in [7, 11) is 0. The van der Waals surface area contributed by atoms with Gasteiger partial charge < -0.3 is 23.7 Å². The highest BCUT2D eigenvalue weighted by Crippen LogP contribution is 2.33. The summed E-state index contributed by atoms with van der Waals surface area (Å²) in [4.78, 5) is 52.1. The van der Waals surface area contributed by atoms with Gasteiger partial charge in [-0.3, -0.25) is 14.4 Å². The van der Waals surface area contributed by atoms with Crippen LogP contribution in [0.4, 0.5) is 4.79 Å². The van der Waals surface area contributed by atoms with Gasteiger partial charge in [-0.25, -0.2) is 4.79 Å². The van der Waals surface area contributed by atoms with E-state index in [1.807, 2.05) is 6.92 Å². The average molecular weight is 629 g/mol. The molecule has 0 rings (SSSR count). The number of ether oxygens (including phenoxy) is 5. The second kappa shape index (κ2) is 24.9. The zero-order valence-electron chi connectivity index (χ0n) is 29.1. The molecule has 9 nitrogen and oxygen atoms in total. The molecule has 0 aromatic heterocycles. The first-order chi connectivity index (χ1) is 20.9. The minimum atomic E-state index is -2.13. The molecule has 0 N–H and O–H groups in total. The van der Waals surface area contributed by atoms with Crippen molar-refractivity contribution in [3.05, 3.63) is 0 Å². The summed E-state index contributed by atoms with van der Waals surface area (Å²) in [5, 5.41) is 0. The lowest BCUT2D eigenvalue weighted by Gasteiger charge is -2.31. The molecule has 9 heteroatoms. The van der Waals surface area contributed by atoms with Crippen LogP contribution in [0.2, 0.25) is 0 Å². The lowest BCUT2D eigenvalue weighted by Crippen LogP contribution is -2.51. The van der Waals surface area contributed by atoms with Crippen LogP contribution in [-0.2, 0) is 38.1 Å². The van der Waals surface area contributed by atoms with Gasteiger partial charge in [0.2, 0.25) is 0 Å². The van der Waals surface area contributed by atoms with Crippen molar-refractivity contribution in [2.24, 2.45) is 11.3 Å². The molecule has 0 aromatic rings. The van der Waals surface area contributed by atoms with Gasteiger partial charge in [-0.05, 0) is 58.8 Å². The molecule has 0 heterocycles. The highest BCUT2D eigenvalue weighted by Gasteiger charge is 2.57. The molecule has 0 spiro atoms. The highest BCUT2D eigenvalue weighted by atomic mass is 16.7. The molecule has 0 aliphatic rings. The molecule has 0 bridgehead atoms. The molecule has 0 saturated heterocycles. The SMILES string of the molecule is CCCCCCOC(=O)C(CCCCCCCCCOC(=O)OCC(C)CCCC)(C(=O)OCCCC)C(=O)OC(C)(C)C. The number of esters is 3. The Morgan fingerprint density at radius 3 is 1.57 bits per heavy atom. The van der Waals surface area contributed by atoms with Crippen LogP contribution >= 0.6 is 0 Å². The van der Waals surface area contributed by atoms with Gasteiger partial charge in [-0.1, -0.05) is 105 Å². The number of hydrogen-bond acceptors (Lipinski definition) is 9. The Morgan fingerprint density at radius 2 is 1.02 bits per heavy atom. The predicted molar refractivity (Wildman–Crippen MR) is 172 cm³/mol. The number of hydrogen-bond donors (Lipinski definition) is 0. The minimum Gasteiger partial charge on any atom is -0.464 e. The first-order valence-electron chi connectivity index (χ1n) is 17.3. The Labute approximate surface area is 267 Å². The van der Waals surface area contributed by atoms with Crippen molar-refractivity contribution in [3.63, 3.8) is 0 Å². The van der Waals surface area contributed by atoms with Crippen molar-refractivity contribution in [3.8, 4) is 0 Å². The van der Waals surface area contributed by atoms with Gasteiger partial charge in [-0.2, -0.15) is 0 Å². The third-order valence-electron chi connectivity index (χ3n) is 7.36. The first kappa shape index (κ1) is 41.7. The predicted octanol–water partition coefficient (Wildman–Crippen LogP) is 8.88. The zero-order chi connectivity index (χ0) is 33.3. The van der Waals surface area contributed by atoms with E-state index in [-0.39, 0.29) is 19.6 Å². The van der Waals surface area contributed by atoms with Crippen LogP contribution in [0.1, 0.15) is 158 Å². The fourth-order valence-electron chi connectivity index (χ4n) is 4.59. The smallest absolute Gasteiger partial charge is 0.464 e. The Kier molecular flexibility index (Phi) is 23.6. The van der Waals surface area contributed by atoms with Crippen LogP contribution in [0.3, 0.4) is 0 Å². The second-order valence-electron chi connectivity index (χ2n) is 13.0. The van der Waals surface area contributed by atoms with E-state index in [0.29, 0.717) is 38.4 Å². The van der Waals surface area contributed by atoms with Gasteiger partial charge in [0.25, 0.3) is 5.41 Å².